The zero-order chi connectivity index (χ0) is 11.7. The summed E-state index contributed by atoms with van der Waals surface area (Å²) in [6.45, 7) is 3.97. The number of hydrogen-bond acceptors (Lipinski definition) is 3. The third kappa shape index (κ3) is 1.87. The van der Waals surface area contributed by atoms with Gasteiger partial charge in [0.05, 0.1) is 6.61 Å². The van der Waals surface area contributed by atoms with E-state index in [1.165, 1.54) is 12.1 Å². The largest absolute Gasteiger partial charge is 0.464 e. The standard InChI is InChI=1S/C12H14FNO2/c1-3-16-12(15)11-6-9-7(2)4-8(13)5-10(9)14-11/h4-5,11,14H,3,6H2,1-2H3. The quantitative estimate of drug-likeness (QED) is 0.780. The number of hydrogen-bond donors (Lipinski definition) is 1. The molecule has 1 aliphatic rings. The van der Waals surface area contributed by atoms with Crippen LogP contribution in [0.5, 0.6) is 0 Å². The summed E-state index contributed by atoms with van der Waals surface area (Å²) in [4.78, 5) is 11.5. The predicted molar refractivity (Wildman–Crippen MR) is 58.9 cm³/mol. The maximum atomic E-state index is 13.1. The third-order valence-corrected chi connectivity index (χ3v) is 2.75. The van der Waals surface area contributed by atoms with Crippen LogP contribution in [0.4, 0.5) is 10.1 Å². The first-order chi connectivity index (χ1) is 7.61. The highest BCUT2D eigenvalue weighted by atomic mass is 19.1. The molecule has 0 radical (unpaired) electrons. The van der Waals surface area contributed by atoms with E-state index in [9.17, 15) is 9.18 Å². The lowest BCUT2D eigenvalue weighted by molar-refractivity contribution is -0.143. The van der Waals surface area contributed by atoms with Gasteiger partial charge < -0.3 is 10.1 Å². The molecule has 1 aromatic carbocycles. The summed E-state index contributed by atoms with van der Waals surface area (Å²) in [5, 5.41) is 2.99. The van der Waals surface area contributed by atoms with E-state index in [-0.39, 0.29) is 17.8 Å². The molecule has 0 fully saturated rings. The fourth-order valence-electron chi connectivity index (χ4n) is 2.00. The molecule has 3 nitrogen and oxygen atoms in total. The number of anilines is 1. The van der Waals surface area contributed by atoms with Crippen molar-refractivity contribution in [2.45, 2.75) is 26.3 Å². The van der Waals surface area contributed by atoms with Crippen molar-refractivity contribution in [1.82, 2.24) is 0 Å². The van der Waals surface area contributed by atoms with Gasteiger partial charge in [0.25, 0.3) is 0 Å². The van der Waals surface area contributed by atoms with Crippen LogP contribution in [0.25, 0.3) is 0 Å². The topological polar surface area (TPSA) is 38.3 Å². The van der Waals surface area contributed by atoms with Crippen LogP contribution in [0.2, 0.25) is 0 Å². The number of carbonyl (C=O) groups is 1. The molecule has 2 rings (SSSR count). The highest BCUT2D eigenvalue weighted by Crippen LogP contribution is 2.30. The van der Waals surface area contributed by atoms with Gasteiger partial charge in [0.1, 0.15) is 11.9 Å². The average molecular weight is 223 g/mol. The van der Waals surface area contributed by atoms with E-state index in [1.807, 2.05) is 6.92 Å². The molecule has 0 aromatic heterocycles. The SMILES string of the molecule is CCOC(=O)C1Cc2c(C)cc(F)cc2N1. The third-order valence-electron chi connectivity index (χ3n) is 2.75. The Labute approximate surface area is 93.6 Å². The zero-order valence-electron chi connectivity index (χ0n) is 9.34. The Bertz CT molecular complexity index is 431. The maximum absolute atomic E-state index is 13.1. The summed E-state index contributed by atoms with van der Waals surface area (Å²) in [5.41, 5.74) is 2.57. The molecule has 1 N–H and O–H groups in total. The van der Waals surface area contributed by atoms with Gasteiger partial charge in [-0.1, -0.05) is 0 Å². The summed E-state index contributed by atoms with van der Waals surface area (Å²) in [6.07, 6.45) is 0.570. The monoisotopic (exact) mass is 223 g/mol. The number of nitrogens with one attached hydrogen (secondary N) is 1. The number of rotatable bonds is 2. The first-order valence-electron chi connectivity index (χ1n) is 5.34. The zero-order valence-corrected chi connectivity index (χ0v) is 9.34. The van der Waals surface area contributed by atoms with E-state index < -0.39 is 0 Å². The van der Waals surface area contributed by atoms with E-state index in [1.54, 1.807) is 6.92 Å². The molecule has 1 unspecified atom stereocenters. The Balaban J connectivity index is 2.21. The number of carbonyl (C=O) groups excluding carboxylic acids is 1. The van der Waals surface area contributed by atoms with E-state index in [4.69, 9.17) is 4.74 Å². The fourth-order valence-corrected chi connectivity index (χ4v) is 2.00. The van der Waals surface area contributed by atoms with E-state index in [0.29, 0.717) is 18.7 Å². The molecule has 4 heteroatoms. The van der Waals surface area contributed by atoms with Crippen molar-refractivity contribution < 1.29 is 13.9 Å². The van der Waals surface area contributed by atoms with Crippen molar-refractivity contribution in [3.05, 3.63) is 29.1 Å². The van der Waals surface area contributed by atoms with Crippen LogP contribution in [0.3, 0.4) is 0 Å². The van der Waals surface area contributed by atoms with Gasteiger partial charge in [-0.2, -0.15) is 0 Å². The highest BCUT2D eigenvalue weighted by molar-refractivity contribution is 5.83. The Morgan fingerprint density at radius 3 is 3.06 bits per heavy atom. The summed E-state index contributed by atoms with van der Waals surface area (Å²) < 4.78 is 18.1. The number of esters is 1. The van der Waals surface area contributed by atoms with E-state index >= 15 is 0 Å². The fraction of sp³-hybridized carbons (Fsp3) is 0.417. The lowest BCUT2D eigenvalue weighted by Crippen LogP contribution is -2.29. The van der Waals surface area contributed by atoms with Crippen LogP contribution in [-0.4, -0.2) is 18.6 Å². The van der Waals surface area contributed by atoms with Gasteiger partial charge in [-0.3, -0.25) is 0 Å². The molecule has 16 heavy (non-hydrogen) atoms. The predicted octanol–water partition coefficient (Wildman–Crippen LogP) is 2.03. The van der Waals surface area contributed by atoms with Gasteiger partial charge >= 0.3 is 5.97 Å². The van der Waals surface area contributed by atoms with Crippen LogP contribution >= 0.6 is 0 Å². The number of halogens is 1. The first kappa shape index (κ1) is 10.9. The average Bonchev–Trinajstić information content (AvgIpc) is 2.62. The van der Waals surface area contributed by atoms with Crippen molar-refractivity contribution in [1.29, 1.82) is 0 Å². The number of benzene rings is 1. The van der Waals surface area contributed by atoms with Crippen LogP contribution < -0.4 is 5.32 Å². The normalized spacial score (nSPS) is 17.8. The summed E-state index contributed by atoms with van der Waals surface area (Å²) in [6, 6.07) is 2.52. The smallest absolute Gasteiger partial charge is 0.328 e. The van der Waals surface area contributed by atoms with Crippen LogP contribution in [0.1, 0.15) is 18.1 Å². The van der Waals surface area contributed by atoms with Crippen molar-refractivity contribution in [3.8, 4) is 0 Å². The number of aryl methyl sites for hydroxylation is 1. The van der Waals surface area contributed by atoms with Crippen molar-refractivity contribution in [2.24, 2.45) is 0 Å². The first-order valence-corrected chi connectivity index (χ1v) is 5.34. The number of fused-ring (bicyclic) bond motifs is 1. The Kier molecular flexibility index (Phi) is 2.81. The molecule has 0 saturated carbocycles. The molecule has 0 aliphatic carbocycles. The second kappa shape index (κ2) is 4.12. The van der Waals surface area contributed by atoms with E-state index in [2.05, 4.69) is 5.32 Å². The van der Waals surface area contributed by atoms with Gasteiger partial charge in [0.15, 0.2) is 0 Å². The Hall–Kier alpha value is -1.58. The van der Waals surface area contributed by atoms with Crippen molar-refractivity contribution >= 4 is 11.7 Å². The van der Waals surface area contributed by atoms with Crippen LogP contribution in [-0.2, 0) is 16.0 Å². The molecular weight excluding hydrogens is 209 g/mol. The number of ether oxygens (including phenoxy) is 1. The van der Waals surface area contributed by atoms with Gasteiger partial charge in [-0.05, 0) is 37.1 Å². The molecule has 0 bridgehead atoms. The highest BCUT2D eigenvalue weighted by Gasteiger charge is 2.29. The van der Waals surface area contributed by atoms with Gasteiger partial charge in [-0.25, -0.2) is 9.18 Å². The molecule has 1 aliphatic heterocycles. The summed E-state index contributed by atoms with van der Waals surface area (Å²) in [7, 11) is 0. The van der Waals surface area contributed by atoms with Crippen LogP contribution in [0.15, 0.2) is 12.1 Å². The second-order valence-electron chi connectivity index (χ2n) is 3.90. The Morgan fingerprint density at radius 1 is 1.62 bits per heavy atom. The lowest BCUT2D eigenvalue weighted by Gasteiger charge is -2.09. The molecule has 86 valence electrons. The minimum Gasteiger partial charge on any atom is -0.464 e. The second-order valence-corrected chi connectivity index (χ2v) is 3.90. The van der Waals surface area contributed by atoms with Crippen molar-refractivity contribution in [2.75, 3.05) is 11.9 Å². The van der Waals surface area contributed by atoms with Crippen molar-refractivity contribution in [3.63, 3.8) is 0 Å². The Morgan fingerprint density at radius 2 is 2.38 bits per heavy atom. The molecule has 0 spiro atoms. The van der Waals surface area contributed by atoms with Gasteiger partial charge in [-0.15, -0.1) is 0 Å². The van der Waals surface area contributed by atoms with Crippen LogP contribution in [0, 0.1) is 12.7 Å². The minimum atomic E-state index is -0.379. The molecule has 1 atom stereocenters. The van der Waals surface area contributed by atoms with E-state index in [0.717, 1.165) is 11.1 Å². The summed E-state index contributed by atoms with van der Waals surface area (Å²) in [5.74, 6) is -0.563. The minimum absolute atomic E-state index is 0.279. The maximum Gasteiger partial charge on any atom is 0.328 e. The molecule has 0 saturated heterocycles. The molecule has 1 heterocycles. The molecule has 1 aromatic rings. The summed E-state index contributed by atoms with van der Waals surface area (Å²) >= 11 is 0. The lowest BCUT2D eigenvalue weighted by atomic mass is 10.0. The molecule has 0 amide bonds. The molecular formula is C12H14FNO2. The van der Waals surface area contributed by atoms with Gasteiger partial charge in [0.2, 0.25) is 0 Å². The van der Waals surface area contributed by atoms with Gasteiger partial charge in [0, 0.05) is 12.1 Å².